The second kappa shape index (κ2) is 14.5. The van der Waals surface area contributed by atoms with E-state index in [0.29, 0.717) is 13.0 Å². The maximum Gasteiger partial charge on any atom is 0.246 e. The summed E-state index contributed by atoms with van der Waals surface area (Å²) >= 11 is 0. The lowest BCUT2D eigenvalue weighted by Gasteiger charge is -2.30. The van der Waals surface area contributed by atoms with E-state index in [4.69, 9.17) is 4.74 Å². The van der Waals surface area contributed by atoms with Crippen molar-refractivity contribution in [3.63, 3.8) is 0 Å². The minimum Gasteiger partial charge on any atom is -0.395 e. The molecule has 2 amide bonds. The van der Waals surface area contributed by atoms with Crippen molar-refractivity contribution in [2.24, 2.45) is 5.92 Å². The standard InChI is InChI=1S/C36H44FN3O4Si/c1-25-32(44-33(36(25)45(2,3)37)22-35(43)40(19-20-41)24-27-9-5-4-6-10-27)18-15-26-13-16-29(17-14-26)39-34(42)21-28-23-38-31-12-8-7-11-30(28)31/h4-14,16-17,23,25,32-33,36,38,41H,15,18-22,24H2,1-3H3,(H,39,42)/t25-,32+,33-,36+/m1/s1. The van der Waals surface area contributed by atoms with Crippen molar-refractivity contribution in [3.8, 4) is 0 Å². The lowest BCUT2D eigenvalue weighted by molar-refractivity contribution is -0.135. The van der Waals surface area contributed by atoms with Gasteiger partial charge in [-0.25, -0.2) is 0 Å². The molecule has 1 fully saturated rings. The van der Waals surface area contributed by atoms with Gasteiger partial charge < -0.3 is 29.2 Å². The Bertz CT molecular complexity index is 1570. The number of amides is 2. The number of carbonyl (C=O) groups is 2. The van der Waals surface area contributed by atoms with Crippen molar-refractivity contribution in [2.45, 2.75) is 70.0 Å². The Labute approximate surface area is 266 Å². The van der Waals surface area contributed by atoms with E-state index in [2.05, 4.69) is 17.2 Å². The van der Waals surface area contributed by atoms with Crippen LogP contribution in [0.4, 0.5) is 9.80 Å². The van der Waals surface area contributed by atoms with Crippen molar-refractivity contribution in [1.29, 1.82) is 0 Å². The third kappa shape index (κ3) is 8.28. The molecule has 0 saturated carbocycles. The monoisotopic (exact) mass is 629 g/mol. The summed E-state index contributed by atoms with van der Waals surface area (Å²) in [4.78, 5) is 31.0. The SMILES string of the molecule is C[C@H]1[C@H]([Si](C)(C)F)[C@@H](CC(=O)N(CCO)Cc2ccccc2)O[C@H]1CCc1ccc(NC(=O)Cc2c[nH]c3ccccc23)cc1. The Morgan fingerprint density at radius 3 is 2.40 bits per heavy atom. The number of halogens is 1. The third-order valence-electron chi connectivity index (χ3n) is 8.99. The van der Waals surface area contributed by atoms with Crippen LogP contribution in [-0.2, 0) is 33.7 Å². The summed E-state index contributed by atoms with van der Waals surface area (Å²) in [5.41, 5.74) is 4.49. The number of aryl methyl sites for hydroxylation is 1. The predicted molar refractivity (Wildman–Crippen MR) is 179 cm³/mol. The molecule has 4 aromatic rings. The smallest absolute Gasteiger partial charge is 0.246 e. The van der Waals surface area contributed by atoms with Gasteiger partial charge in [0.05, 0.1) is 31.7 Å². The molecule has 0 aliphatic carbocycles. The fraction of sp³-hybridized carbons (Fsp3) is 0.389. The number of carbonyl (C=O) groups excluding carboxylic acids is 2. The molecule has 4 atom stereocenters. The second-order valence-electron chi connectivity index (χ2n) is 12.7. The van der Waals surface area contributed by atoms with Crippen molar-refractivity contribution in [3.05, 3.63) is 102 Å². The van der Waals surface area contributed by atoms with Gasteiger partial charge >= 0.3 is 0 Å². The number of rotatable bonds is 13. The van der Waals surface area contributed by atoms with Crippen molar-refractivity contribution < 1.29 is 23.5 Å². The number of para-hydroxylation sites is 1. The van der Waals surface area contributed by atoms with E-state index in [1.807, 2.05) is 85.1 Å². The van der Waals surface area contributed by atoms with Crippen molar-refractivity contribution in [2.75, 3.05) is 18.5 Å². The Hall–Kier alpha value is -3.79. The highest BCUT2D eigenvalue weighted by Gasteiger charge is 2.51. The number of benzene rings is 3. The van der Waals surface area contributed by atoms with Gasteiger partial charge in [0.15, 0.2) is 0 Å². The van der Waals surface area contributed by atoms with Gasteiger partial charge in [-0.1, -0.05) is 67.6 Å². The Morgan fingerprint density at radius 1 is 0.978 bits per heavy atom. The fourth-order valence-electron chi connectivity index (χ4n) is 6.81. The average molecular weight is 630 g/mol. The molecule has 3 aromatic carbocycles. The van der Waals surface area contributed by atoms with Crippen LogP contribution in [0.5, 0.6) is 0 Å². The zero-order valence-corrected chi connectivity index (χ0v) is 27.3. The molecule has 1 aliphatic rings. The predicted octanol–water partition coefficient (Wildman–Crippen LogP) is 6.64. The van der Waals surface area contributed by atoms with Crippen molar-refractivity contribution in [1.82, 2.24) is 9.88 Å². The molecule has 0 bridgehead atoms. The molecule has 1 aliphatic heterocycles. The molecule has 0 radical (unpaired) electrons. The second-order valence-corrected chi connectivity index (χ2v) is 16.5. The highest BCUT2D eigenvalue weighted by Crippen LogP contribution is 2.47. The highest BCUT2D eigenvalue weighted by atomic mass is 28.4. The molecule has 9 heteroatoms. The number of nitrogens with one attached hydrogen (secondary N) is 2. The molecule has 1 aromatic heterocycles. The Morgan fingerprint density at radius 2 is 1.69 bits per heavy atom. The van der Waals surface area contributed by atoms with Crippen LogP contribution in [0.3, 0.4) is 0 Å². The normalized spacial score (nSPS) is 19.9. The lowest BCUT2D eigenvalue weighted by atomic mass is 9.95. The first kappa shape index (κ1) is 32.6. The highest BCUT2D eigenvalue weighted by molar-refractivity contribution is 6.72. The van der Waals surface area contributed by atoms with Crippen molar-refractivity contribution >= 4 is 36.8 Å². The summed E-state index contributed by atoms with van der Waals surface area (Å²) in [7, 11) is -3.14. The summed E-state index contributed by atoms with van der Waals surface area (Å²) in [5, 5.41) is 13.7. The van der Waals surface area contributed by atoms with E-state index in [1.54, 1.807) is 18.0 Å². The number of H-pyrrole nitrogens is 1. The molecule has 45 heavy (non-hydrogen) atoms. The van der Waals surface area contributed by atoms with E-state index >= 15 is 4.11 Å². The van der Waals surface area contributed by atoms with Crippen LogP contribution in [-0.4, -0.2) is 60.6 Å². The summed E-state index contributed by atoms with van der Waals surface area (Å²) < 4.78 is 22.1. The number of hydrogen-bond donors (Lipinski definition) is 3. The molecular weight excluding hydrogens is 585 g/mol. The first-order valence-corrected chi connectivity index (χ1v) is 18.8. The fourth-order valence-corrected chi connectivity index (χ4v) is 9.36. The number of aliphatic hydroxyl groups excluding tert-OH is 1. The minimum atomic E-state index is -3.14. The third-order valence-corrected chi connectivity index (χ3v) is 11.5. The average Bonchev–Trinajstić information content (AvgIpc) is 3.56. The van der Waals surface area contributed by atoms with Crippen LogP contribution in [0.1, 0.15) is 36.5 Å². The van der Waals surface area contributed by atoms with Gasteiger partial charge in [0.2, 0.25) is 20.2 Å². The molecule has 0 spiro atoms. The van der Waals surface area contributed by atoms with Gasteiger partial charge in [-0.2, -0.15) is 0 Å². The number of fused-ring (bicyclic) bond motifs is 1. The summed E-state index contributed by atoms with van der Waals surface area (Å²) in [5.74, 6) is -0.221. The van der Waals surface area contributed by atoms with Gasteiger partial charge in [-0.3, -0.25) is 9.59 Å². The number of aliphatic hydroxyl groups is 1. The first-order chi connectivity index (χ1) is 21.6. The lowest BCUT2D eigenvalue weighted by Crippen LogP contribution is -2.40. The van der Waals surface area contributed by atoms with Crippen LogP contribution in [0.2, 0.25) is 18.6 Å². The molecule has 0 unspecified atom stereocenters. The van der Waals surface area contributed by atoms with E-state index < -0.39 is 14.5 Å². The number of aromatic nitrogens is 1. The quantitative estimate of drug-likeness (QED) is 0.114. The maximum atomic E-state index is 15.7. The van der Waals surface area contributed by atoms with E-state index in [9.17, 15) is 14.7 Å². The Balaban J connectivity index is 1.17. The zero-order valence-electron chi connectivity index (χ0n) is 26.3. The molecule has 1 saturated heterocycles. The first-order valence-electron chi connectivity index (χ1n) is 15.8. The molecule has 238 valence electrons. The van der Waals surface area contributed by atoms with Crippen LogP contribution >= 0.6 is 0 Å². The molecule has 5 rings (SSSR count). The molecule has 7 nitrogen and oxygen atoms in total. The van der Waals surface area contributed by atoms with Gasteiger partial charge in [-0.15, -0.1) is 0 Å². The van der Waals surface area contributed by atoms with E-state index in [0.717, 1.165) is 39.7 Å². The molecule has 2 heterocycles. The maximum absolute atomic E-state index is 15.7. The van der Waals surface area contributed by atoms with Crippen LogP contribution < -0.4 is 5.32 Å². The van der Waals surface area contributed by atoms with Gasteiger partial charge in [-0.05, 0) is 66.7 Å². The molecule has 3 N–H and O–H groups in total. The van der Waals surface area contributed by atoms with Crippen LogP contribution in [0, 0.1) is 5.92 Å². The summed E-state index contributed by atoms with van der Waals surface area (Å²) in [6.07, 6.45) is 3.07. The summed E-state index contributed by atoms with van der Waals surface area (Å²) in [6.45, 7) is 5.95. The number of ether oxygens (including phenoxy) is 1. The van der Waals surface area contributed by atoms with Gasteiger partial charge in [0.1, 0.15) is 0 Å². The number of anilines is 1. The molecular formula is C36H44FN3O4Si. The zero-order chi connectivity index (χ0) is 32.0. The summed E-state index contributed by atoms with van der Waals surface area (Å²) in [6, 6.07) is 25.4. The topological polar surface area (TPSA) is 94.7 Å². The van der Waals surface area contributed by atoms with Crippen LogP contribution in [0.25, 0.3) is 10.9 Å². The number of aromatic amines is 1. The van der Waals surface area contributed by atoms with E-state index in [-0.39, 0.29) is 55.4 Å². The van der Waals surface area contributed by atoms with Gasteiger partial charge in [0, 0.05) is 41.4 Å². The van der Waals surface area contributed by atoms with Gasteiger partial charge in [0.25, 0.3) is 0 Å². The Kier molecular flexibility index (Phi) is 10.5. The van der Waals surface area contributed by atoms with E-state index in [1.165, 1.54) is 0 Å². The van der Waals surface area contributed by atoms with Crippen LogP contribution in [0.15, 0.2) is 85.1 Å². The minimum absolute atomic E-state index is 0.0158. The number of nitrogens with zero attached hydrogens (tertiary/aromatic N) is 1. The largest absolute Gasteiger partial charge is 0.395 e. The number of hydrogen-bond acceptors (Lipinski definition) is 4.